The van der Waals surface area contributed by atoms with Gasteiger partial charge < -0.3 is 4.74 Å². The lowest BCUT2D eigenvalue weighted by molar-refractivity contribution is 0.0540. The normalized spacial score (nSPS) is 16.5. The highest BCUT2D eigenvalue weighted by molar-refractivity contribution is 6.02. The molecule has 1 aliphatic rings. The van der Waals surface area contributed by atoms with Gasteiger partial charge in [0.05, 0.1) is 5.52 Å². The van der Waals surface area contributed by atoms with Crippen LogP contribution < -0.4 is 0 Å². The molecule has 98 valence electrons. The third kappa shape index (κ3) is 2.38. The average molecular weight is 255 g/mol. The number of pyridine rings is 1. The molecule has 3 rings (SSSR count). The van der Waals surface area contributed by atoms with Gasteiger partial charge in [-0.2, -0.15) is 0 Å². The van der Waals surface area contributed by atoms with Crippen LogP contribution in [0.1, 0.15) is 28.9 Å². The van der Waals surface area contributed by atoms with E-state index in [-0.39, 0.29) is 11.9 Å². The van der Waals surface area contributed by atoms with Gasteiger partial charge in [0, 0.05) is 23.8 Å². The molecule has 1 aromatic heterocycles. The Kier molecular flexibility index (Phi) is 3.07. The highest BCUT2D eigenvalue weighted by atomic mass is 16.5. The lowest BCUT2D eigenvalue weighted by atomic mass is 10.0. The summed E-state index contributed by atoms with van der Waals surface area (Å²) in [5.41, 5.74) is 2.63. The van der Waals surface area contributed by atoms with E-state index < -0.39 is 0 Å². The number of benzene rings is 1. The van der Waals surface area contributed by atoms with Crippen molar-refractivity contribution >= 4 is 16.7 Å². The van der Waals surface area contributed by atoms with Crippen LogP contribution in [0.3, 0.4) is 0 Å². The number of carbonyl (C=O) groups excluding carboxylic acids is 1. The van der Waals surface area contributed by atoms with Crippen molar-refractivity contribution in [1.82, 2.24) is 4.98 Å². The van der Waals surface area contributed by atoms with Crippen LogP contribution >= 0.6 is 0 Å². The van der Waals surface area contributed by atoms with Gasteiger partial charge in [-0.25, -0.2) is 0 Å². The minimum atomic E-state index is -0.282. The molecule has 1 aromatic carbocycles. The van der Waals surface area contributed by atoms with Crippen LogP contribution in [0.4, 0.5) is 0 Å². The molecule has 0 bridgehead atoms. The van der Waals surface area contributed by atoms with Crippen LogP contribution in [-0.2, 0) is 4.74 Å². The molecule has 0 spiro atoms. The number of ketones is 1. The zero-order chi connectivity index (χ0) is 13.4. The molecule has 3 nitrogen and oxygen atoms in total. The summed E-state index contributed by atoms with van der Waals surface area (Å²) in [5, 5.41) is 1.00. The Bertz CT molecular complexity index is 632. The van der Waals surface area contributed by atoms with Crippen molar-refractivity contribution in [2.24, 2.45) is 5.92 Å². The standard InChI is InChI=1S/C16H17NO2/c1-10-3-4-12-9-13(7-8-14(12)17-10)15(18)16(19-2)11-5-6-11/h3-4,7-9,11,16H,5-6H2,1-2H3. The minimum Gasteiger partial charge on any atom is -0.373 e. The summed E-state index contributed by atoms with van der Waals surface area (Å²) in [5.74, 6) is 0.497. The third-order valence-electron chi connectivity index (χ3n) is 3.68. The van der Waals surface area contributed by atoms with Crippen molar-refractivity contribution in [2.45, 2.75) is 25.9 Å². The van der Waals surface area contributed by atoms with Crippen molar-refractivity contribution in [3.63, 3.8) is 0 Å². The maximum atomic E-state index is 12.4. The monoisotopic (exact) mass is 255 g/mol. The fourth-order valence-corrected chi connectivity index (χ4v) is 2.46. The second kappa shape index (κ2) is 4.74. The van der Waals surface area contributed by atoms with E-state index in [4.69, 9.17) is 4.74 Å². The Balaban J connectivity index is 1.96. The number of nitrogens with zero attached hydrogens (tertiary/aromatic N) is 1. The lowest BCUT2D eigenvalue weighted by Crippen LogP contribution is -2.25. The first kappa shape index (κ1) is 12.3. The van der Waals surface area contributed by atoms with E-state index in [1.165, 1.54) is 0 Å². The highest BCUT2D eigenvalue weighted by Gasteiger charge is 2.36. The van der Waals surface area contributed by atoms with Crippen molar-refractivity contribution in [3.05, 3.63) is 41.6 Å². The van der Waals surface area contributed by atoms with E-state index in [0.717, 1.165) is 35.0 Å². The largest absolute Gasteiger partial charge is 0.373 e. The molecule has 0 amide bonds. The number of carbonyl (C=O) groups is 1. The predicted octanol–water partition coefficient (Wildman–Crippen LogP) is 3.15. The molecule has 1 saturated carbocycles. The van der Waals surface area contributed by atoms with Crippen LogP contribution in [0.5, 0.6) is 0 Å². The van der Waals surface area contributed by atoms with Crippen LogP contribution in [0.2, 0.25) is 0 Å². The average Bonchev–Trinajstić information content (AvgIpc) is 3.23. The molecule has 0 aliphatic heterocycles. The van der Waals surface area contributed by atoms with Crippen LogP contribution in [0.15, 0.2) is 30.3 Å². The summed E-state index contributed by atoms with van der Waals surface area (Å²) < 4.78 is 5.36. The van der Waals surface area contributed by atoms with E-state index in [1.807, 2.05) is 37.3 Å². The number of hydrogen-bond donors (Lipinski definition) is 0. The maximum absolute atomic E-state index is 12.4. The Morgan fingerprint density at radius 2 is 2.11 bits per heavy atom. The number of fused-ring (bicyclic) bond motifs is 1. The van der Waals surface area contributed by atoms with E-state index in [1.54, 1.807) is 7.11 Å². The Morgan fingerprint density at radius 3 is 2.79 bits per heavy atom. The van der Waals surface area contributed by atoms with Gasteiger partial charge in [-0.05, 0) is 49.9 Å². The predicted molar refractivity (Wildman–Crippen MR) is 74.3 cm³/mol. The summed E-state index contributed by atoms with van der Waals surface area (Å²) in [7, 11) is 1.62. The summed E-state index contributed by atoms with van der Waals surface area (Å²) in [6, 6.07) is 9.65. The molecule has 3 heteroatoms. The molecule has 2 aromatic rings. The zero-order valence-electron chi connectivity index (χ0n) is 11.2. The molecule has 1 fully saturated rings. The zero-order valence-corrected chi connectivity index (χ0v) is 11.2. The number of ether oxygens (including phenoxy) is 1. The molecule has 1 unspecified atom stereocenters. The van der Waals surface area contributed by atoms with Gasteiger partial charge in [-0.1, -0.05) is 6.07 Å². The van der Waals surface area contributed by atoms with Crippen LogP contribution in [0.25, 0.3) is 10.9 Å². The third-order valence-corrected chi connectivity index (χ3v) is 3.68. The van der Waals surface area contributed by atoms with Gasteiger partial charge >= 0.3 is 0 Å². The van der Waals surface area contributed by atoms with E-state index in [9.17, 15) is 4.79 Å². The molecule has 19 heavy (non-hydrogen) atoms. The number of rotatable bonds is 4. The number of hydrogen-bond acceptors (Lipinski definition) is 3. The van der Waals surface area contributed by atoms with E-state index in [0.29, 0.717) is 5.92 Å². The molecule has 1 heterocycles. The molecular weight excluding hydrogens is 238 g/mol. The Morgan fingerprint density at radius 1 is 1.32 bits per heavy atom. The topological polar surface area (TPSA) is 39.2 Å². The summed E-state index contributed by atoms with van der Waals surface area (Å²) in [6.45, 7) is 1.96. The molecule has 0 radical (unpaired) electrons. The number of aromatic nitrogens is 1. The summed E-state index contributed by atoms with van der Waals surface area (Å²) >= 11 is 0. The van der Waals surface area contributed by atoms with E-state index >= 15 is 0 Å². The van der Waals surface area contributed by atoms with Gasteiger partial charge in [0.15, 0.2) is 5.78 Å². The molecular formula is C16H17NO2. The van der Waals surface area contributed by atoms with Crippen molar-refractivity contribution in [2.75, 3.05) is 7.11 Å². The Hall–Kier alpha value is -1.74. The number of methoxy groups -OCH3 is 1. The molecule has 1 aliphatic carbocycles. The van der Waals surface area contributed by atoms with Crippen molar-refractivity contribution in [3.8, 4) is 0 Å². The second-order valence-corrected chi connectivity index (χ2v) is 5.22. The number of Topliss-reactive ketones (excluding diaryl/α,β-unsaturated/α-hetero) is 1. The first-order valence-electron chi connectivity index (χ1n) is 6.63. The fraction of sp³-hybridized carbons (Fsp3) is 0.375. The first-order valence-corrected chi connectivity index (χ1v) is 6.63. The van der Waals surface area contributed by atoms with Gasteiger partial charge in [0.25, 0.3) is 0 Å². The smallest absolute Gasteiger partial charge is 0.191 e. The first-order chi connectivity index (χ1) is 9.19. The fourth-order valence-electron chi connectivity index (χ4n) is 2.46. The van der Waals surface area contributed by atoms with E-state index in [2.05, 4.69) is 4.98 Å². The molecule has 0 saturated heterocycles. The van der Waals surface area contributed by atoms with Crippen LogP contribution in [-0.4, -0.2) is 24.0 Å². The maximum Gasteiger partial charge on any atom is 0.191 e. The number of aryl methyl sites for hydroxylation is 1. The summed E-state index contributed by atoms with van der Waals surface area (Å²) in [4.78, 5) is 16.9. The van der Waals surface area contributed by atoms with Crippen LogP contribution in [0, 0.1) is 12.8 Å². The highest BCUT2D eigenvalue weighted by Crippen LogP contribution is 2.35. The van der Waals surface area contributed by atoms with Gasteiger partial charge in [-0.3, -0.25) is 9.78 Å². The van der Waals surface area contributed by atoms with Gasteiger partial charge in [0.2, 0.25) is 0 Å². The second-order valence-electron chi connectivity index (χ2n) is 5.22. The van der Waals surface area contributed by atoms with Gasteiger partial charge in [-0.15, -0.1) is 0 Å². The quantitative estimate of drug-likeness (QED) is 0.788. The lowest BCUT2D eigenvalue weighted by Gasteiger charge is -2.13. The minimum absolute atomic E-state index is 0.0903. The Labute approximate surface area is 112 Å². The summed E-state index contributed by atoms with van der Waals surface area (Å²) in [6.07, 6.45) is 1.91. The van der Waals surface area contributed by atoms with Crippen molar-refractivity contribution in [1.29, 1.82) is 0 Å². The SMILES string of the molecule is COC(C(=O)c1ccc2nc(C)ccc2c1)C1CC1. The molecule has 0 N–H and O–H groups in total. The van der Waals surface area contributed by atoms with Crippen molar-refractivity contribution < 1.29 is 9.53 Å². The van der Waals surface area contributed by atoms with Gasteiger partial charge in [0.1, 0.15) is 6.10 Å². The molecule has 1 atom stereocenters.